The van der Waals surface area contributed by atoms with Gasteiger partial charge in [0.1, 0.15) is 0 Å². The van der Waals surface area contributed by atoms with Crippen molar-refractivity contribution in [3.8, 4) is 0 Å². The summed E-state index contributed by atoms with van der Waals surface area (Å²) in [7, 11) is -3.03. The number of hydrogen-bond donors (Lipinski definition) is 0. The lowest BCUT2D eigenvalue weighted by atomic mass is 10.2. The third kappa shape index (κ3) is 3.74. The molecule has 0 amide bonds. The Bertz CT molecular complexity index is 863. The van der Waals surface area contributed by atoms with Crippen LogP contribution in [0.2, 0.25) is 0 Å². The molecule has 126 valence electrons. The number of alkyl halides is 1. The highest BCUT2D eigenvalue weighted by molar-refractivity contribution is 9.13. The summed E-state index contributed by atoms with van der Waals surface area (Å²) < 4.78 is 15.5. The molecule has 1 nitrogen and oxygen atoms in total. The average molecular weight is 476 g/mol. The zero-order valence-corrected chi connectivity index (χ0v) is 17.5. The molecule has 0 saturated carbocycles. The predicted molar refractivity (Wildman–Crippen MR) is 116 cm³/mol. The average Bonchev–Trinajstić information content (AvgIpc) is 2.70. The highest BCUT2D eigenvalue weighted by Gasteiger charge is 2.34. The van der Waals surface area contributed by atoms with Crippen molar-refractivity contribution in [2.24, 2.45) is 0 Å². The van der Waals surface area contributed by atoms with Gasteiger partial charge < -0.3 is 4.57 Å². The number of benzene rings is 3. The molecule has 0 saturated heterocycles. The molecule has 0 aliphatic rings. The lowest BCUT2D eigenvalue weighted by molar-refractivity contribution is 0.593. The summed E-state index contributed by atoms with van der Waals surface area (Å²) in [5.74, 6) is 0. The molecular formula is C21H17Br2OP. The molecule has 0 spiro atoms. The molecule has 0 aliphatic heterocycles. The molecule has 3 rings (SSSR count). The molecule has 4 heteroatoms. The molecule has 0 unspecified atom stereocenters. The summed E-state index contributed by atoms with van der Waals surface area (Å²) in [5, 5.41) is 3.10. The van der Waals surface area contributed by atoms with E-state index in [4.69, 9.17) is 0 Å². The van der Waals surface area contributed by atoms with Crippen LogP contribution in [0.5, 0.6) is 0 Å². The summed E-state index contributed by atoms with van der Waals surface area (Å²) in [6, 6.07) is 29.4. The summed E-state index contributed by atoms with van der Waals surface area (Å²) in [6.45, 7) is 0. The largest absolute Gasteiger partial charge is 0.309 e. The lowest BCUT2D eigenvalue weighted by Gasteiger charge is -2.24. The van der Waals surface area contributed by atoms with Gasteiger partial charge >= 0.3 is 0 Å². The van der Waals surface area contributed by atoms with Crippen LogP contribution in [0, 0.1) is 0 Å². The third-order valence-corrected chi connectivity index (χ3v) is 9.48. The van der Waals surface area contributed by atoms with Crippen LogP contribution in [0.4, 0.5) is 0 Å². The van der Waals surface area contributed by atoms with Crippen LogP contribution in [0.15, 0.2) is 95.5 Å². The molecule has 0 radical (unpaired) electrons. The van der Waals surface area contributed by atoms with Crippen molar-refractivity contribution in [2.45, 2.75) is 0 Å². The van der Waals surface area contributed by atoms with E-state index in [2.05, 4.69) is 31.9 Å². The Morgan fingerprint density at radius 3 is 1.52 bits per heavy atom. The normalized spacial score (nSPS) is 12.6. The van der Waals surface area contributed by atoms with Crippen LogP contribution >= 0.6 is 39.0 Å². The van der Waals surface area contributed by atoms with E-state index in [1.165, 1.54) is 0 Å². The van der Waals surface area contributed by atoms with E-state index >= 15 is 0 Å². The van der Waals surface area contributed by atoms with Gasteiger partial charge in [-0.05, 0) is 5.56 Å². The maximum absolute atomic E-state index is 14.6. The van der Waals surface area contributed by atoms with Crippen molar-refractivity contribution in [3.63, 3.8) is 0 Å². The first-order valence-electron chi connectivity index (χ1n) is 7.90. The fraction of sp³-hybridized carbons (Fsp3) is 0.0476. The van der Waals surface area contributed by atoms with Crippen molar-refractivity contribution in [1.29, 1.82) is 0 Å². The molecule has 0 heterocycles. The van der Waals surface area contributed by atoms with E-state index in [0.717, 1.165) is 26.0 Å². The zero-order valence-electron chi connectivity index (χ0n) is 13.5. The first-order chi connectivity index (χ1) is 12.2. The van der Waals surface area contributed by atoms with Crippen LogP contribution in [0.3, 0.4) is 0 Å². The molecular weight excluding hydrogens is 459 g/mol. The van der Waals surface area contributed by atoms with Crippen molar-refractivity contribution in [3.05, 3.63) is 101 Å². The van der Waals surface area contributed by atoms with Gasteiger partial charge in [0.25, 0.3) is 0 Å². The molecule has 0 fully saturated rings. The minimum atomic E-state index is -3.03. The number of halogens is 2. The Morgan fingerprint density at radius 1 is 0.720 bits per heavy atom. The van der Waals surface area contributed by atoms with Gasteiger partial charge in [0.05, 0.1) is 0 Å². The smallest absolute Gasteiger partial charge is 0.172 e. The summed E-state index contributed by atoms with van der Waals surface area (Å²) in [4.78, 5) is 0. The fourth-order valence-corrected chi connectivity index (χ4v) is 7.26. The van der Waals surface area contributed by atoms with Crippen molar-refractivity contribution >= 4 is 54.9 Å². The topological polar surface area (TPSA) is 17.1 Å². The minimum Gasteiger partial charge on any atom is -0.309 e. The van der Waals surface area contributed by atoms with Crippen LogP contribution in [-0.4, -0.2) is 5.33 Å². The van der Waals surface area contributed by atoms with Gasteiger partial charge in [0, 0.05) is 25.7 Å². The maximum Gasteiger partial charge on any atom is 0.172 e. The maximum atomic E-state index is 14.6. The van der Waals surface area contributed by atoms with Crippen molar-refractivity contribution in [2.75, 3.05) is 5.33 Å². The van der Waals surface area contributed by atoms with Crippen molar-refractivity contribution in [1.82, 2.24) is 0 Å². The summed E-state index contributed by atoms with van der Waals surface area (Å²) in [5.41, 5.74) is 0.963. The molecule has 0 aliphatic carbocycles. The van der Waals surface area contributed by atoms with Gasteiger partial charge in [-0.1, -0.05) is 123 Å². The number of rotatable bonds is 5. The second kappa shape index (κ2) is 8.31. The molecule has 0 bridgehead atoms. The second-order valence-electron chi connectivity index (χ2n) is 5.53. The summed E-state index contributed by atoms with van der Waals surface area (Å²) >= 11 is 7.20. The van der Waals surface area contributed by atoms with E-state index < -0.39 is 7.14 Å². The second-order valence-corrected chi connectivity index (χ2v) is 9.75. The minimum absolute atomic E-state index is 0.598. The Hall–Kier alpha value is -1.41. The predicted octanol–water partition coefficient (Wildman–Crippen LogP) is 6.16. The van der Waals surface area contributed by atoms with E-state index in [0.29, 0.717) is 5.33 Å². The number of hydrogen-bond acceptors (Lipinski definition) is 1. The number of allylic oxidation sites excluding steroid dienone is 1. The van der Waals surface area contributed by atoms with Crippen LogP contribution < -0.4 is 10.6 Å². The highest BCUT2D eigenvalue weighted by Crippen LogP contribution is 2.58. The third-order valence-electron chi connectivity index (χ3n) is 3.98. The Morgan fingerprint density at radius 2 is 1.12 bits per heavy atom. The molecule has 0 atom stereocenters. The van der Waals surface area contributed by atoms with Gasteiger partial charge in [0.15, 0.2) is 7.14 Å². The van der Waals surface area contributed by atoms with Gasteiger partial charge in [-0.2, -0.15) is 0 Å². The van der Waals surface area contributed by atoms with E-state index in [-0.39, 0.29) is 0 Å². The van der Waals surface area contributed by atoms with Gasteiger partial charge in [-0.25, -0.2) is 0 Å². The fourth-order valence-electron chi connectivity index (χ4n) is 2.85. The van der Waals surface area contributed by atoms with E-state index in [9.17, 15) is 4.57 Å². The first-order valence-corrected chi connectivity index (χ1v) is 11.5. The van der Waals surface area contributed by atoms with E-state index in [1.54, 1.807) is 0 Å². The SMILES string of the molecule is O=P(/C(=C(\Br)CBr)c1ccccc1)(c1ccccc1)c1ccccc1. The Balaban J connectivity index is 2.36. The molecule has 0 aromatic heterocycles. The monoisotopic (exact) mass is 474 g/mol. The van der Waals surface area contributed by atoms with Crippen LogP contribution in [0.1, 0.15) is 5.56 Å². The Kier molecular flexibility index (Phi) is 6.11. The van der Waals surface area contributed by atoms with Gasteiger partial charge in [0.2, 0.25) is 0 Å². The van der Waals surface area contributed by atoms with E-state index in [1.807, 2.05) is 91.0 Å². The summed E-state index contributed by atoms with van der Waals surface area (Å²) in [6.07, 6.45) is 0. The van der Waals surface area contributed by atoms with Crippen LogP contribution in [-0.2, 0) is 4.57 Å². The van der Waals surface area contributed by atoms with Gasteiger partial charge in [-0.3, -0.25) is 0 Å². The van der Waals surface area contributed by atoms with Crippen molar-refractivity contribution < 1.29 is 4.57 Å². The standard InChI is InChI=1S/C21H17Br2OP/c22-16-20(23)21(17-10-4-1-5-11-17)25(24,18-12-6-2-7-13-18)19-14-8-3-9-15-19/h1-15H,16H2/b21-20-. The van der Waals surface area contributed by atoms with Gasteiger partial charge in [-0.15, -0.1) is 0 Å². The quantitative estimate of drug-likeness (QED) is 0.319. The molecule has 25 heavy (non-hydrogen) atoms. The molecule has 3 aromatic rings. The highest BCUT2D eigenvalue weighted by atomic mass is 79.9. The Labute approximate surface area is 165 Å². The van der Waals surface area contributed by atoms with Crippen LogP contribution in [0.25, 0.3) is 5.31 Å². The molecule has 0 N–H and O–H groups in total. The molecule has 3 aromatic carbocycles. The first kappa shape index (κ1) is 18.4. The zero-order chi connectivity index (χ0) is 17.7. The lowest BCUT2D eigenvalue weighted by Crippen LogP contribution is -2.17.